The van der Waals surface area contributed by atoms with Gasteiger partial charge >= 0.3 is 0 Å². The maximum Gasteiger partial charge on any atom is 0.274 e. The van der Waals surface area contributed by atoms with E-state index in [0.717, 1.165) is 11.3 Å². The summed E-state index contributed by atoms with van der Waals surface area (Å²) in [7, 11) is 0. The van der Waals surface area contributed by atoms with Gasteiger partial charge in [0.25, 0.3) is 5.91 Å². The lowest BCUT2D eigenvalue weighted by molar-refractivity contribution is 0.102. The highest BCUT2D eigenvalue weighted by atomic mass is 35.5. The van der Waals surface area contributed by atoms with Gasteiger partial charge in [-0.1, -0.05) is 35.4 Å². The lowest BCUT2D eigenvalue weighted by atomic mass is 10.1. The highest BCUT2D eigenvalue weighted by Gasteiger charge is 2.12. The van der Waals surface area contributed by atoms with Crippen LogP contribution in [0.2, 0.25) is 5.02 Å². The number of rotatable bonds is 4. The van der Waals surface area contributed by atoms with Crippen molar-refractivity contribution in [2.24, 2.45) is 0 Å². The topological polar surface area (TPSA) is 66.9 Å². The molecule has 0 aliphatic carbocycles. The van der Waals surface area contributed by atoms with Gasteiger partial charge in [-0.3, -0.25) is 4.79 Å². The minimum atomic E-state index is -0.318. The minimum Gasteiger partial charge on any atom is -0.340 e. The molecule has 26 heavy (non-hydrogen) atoms. The van der Waals surface area contributed by atoms with Crippen molar-refractivity contribution in [2.45, 2.75) is 20.8 Å². The molecule has 5 nitrogen and oxygen atoms in total. The minimum absolute atomic E-state index is 0.282. The summed E-state index contributed by atoms with van der Waals surface area (Å²) in [6.07, 6.45) is 0. The van der Waals surface area contributed by atoms with E-state index in [-0.39, 0.29) is 11.6 Å². The number of amides is 1. The van der Waals surface area contributed by atoms with Crippen LogP contribution < -0.4 is 10.6 Å². The zero-order chi connectivity index (χ0) is 18.7. The summed E-state index contributed by atoms with van der Waals surface area (Å²) in [4.78, 5) is 21.1. The Bertz CT molecular complexity index is 972. The monoisotopic (exact) mass is 366 g/mol. The van der Waals surface area contributed by atoms with Gasteiger partial charge in [-0.05, 0) is 50.6 Å². The molecule has 0 fully saturated rings. The largest absolute Gasteiger partial charge is 0.340 e. The average molecular weight is 367 g/mol. The number of aryl methyl sites for hydroxylation is 3. The first kappa shape index (κ1) is 17.9. The first-order valence-electron chi connectivity index (χ1n) is 8.17. The molecule has 0 unspecified atom stereocenters. The Kier molecular flexibility index (Phi) is 5.19. The van der Waals surface area contributed by atoms with Crippen molar-refractivity contribution in [1.29, 1.82) is 0 Å². The Hall–Kier alpha value is -2.92. The summed E-state index contributed by atoms with van der Waals surface area (Å²) >= 11 is 5.95. The first-order valence-corrected chi connectivity index (χ1v) is 8.55. The summed E-state index contributed by atoms with van der Waals surface area (Å²) in [6.45, 7) is 5.82. The van der Waals surface area contributed by atoms with Gasteiger partial charge in [-0.15, -0.1) is 0 Å². The van der Waals surface area contributed by atoms with Crippen LogP contribution in [0.4, 0.5) is 17.2 Å². The Morgan fingerprint density at radius 2 is 1.81 bits per heavy atom. The van der Waals surface area contributed by atoms with E-state index >= 15 is 0 Å². The first-order chi connectivity index (χ1) is 12.4. The van der Waals surface area contributed by atoms with Crippen molar-refractivity contribution in [3.8, 4) is 0 Å². The Morgan fingerprint density at radius 3 is 2.54 bits per heavy atom. The summed E-state index contributed by atoms with van der Waals surface area (Å²) in [5, 5.41) is 6.61. The summed E-state index contributed by atoms with van der Waals surface area (Å²) in [5.74, 6) is 0.762. The lowest BCUT2D eigenvalue weighted by Gasteiger charge is -2.11. The van der Waals surface area contributed by atoms with Crippen LogP contribution in [0.15, 0.2) is 48.5 Å². The zero-order valence-corrected chi connectivity index (χ0v) is 15.6. The van der Waals surface area contributed by atoms with Crippen LogP contribution in [0, 0.1) is 20.8 Å². The van der Waals surface area contributed by atoms with Gasteiger partial charge in [0.05, 0.1) is 0 Å². The van der Waals surface area contributed by atoms with Crippen molar-refractivity contribution in [2.75, 3.05) is 10.6 Å². The van der Waals surface area contributed by atoms with E-state index < -0.39 is 0 Å². The van der Waals surface area contributed by atoms with Crippen molar-refractivity contribution in [3.05, 3.63) is 76.2 Å². The smallest absolute Gasteiger partial charge is 0.274 e. The summed E-state index contributed by atoms with van der Waals surface area (Å²) in [6, 6.07) is 14.7. The molecule has 0 saturated carbocycles. The second-order valence-corrected chi connectivity index (χ2v) is 6.53. The SMILES string of the molecule is Cc1ccc(Nc2cc(C(=O)Nc3cccc(Cl)c3)nc(C)n2)c(C)c1. The predicted octanol–water partition coefficient (Wildman–Crippen LogP) is 5.05. The maximum absolute atomic E-state index is 12.5. The zero-order valence-electron chi connectivity index (χ0n) is 14.8. The highest BCUT2D eigenvalue weighted by molar-refractivity contribution is 6.30. The van der Waals surface area contributed by atoms with Gasteiger partial charge in [0, 0.05) is 22.5 Å². The van der Waals surface area contributed by atoms with Gasteiger partial charge in [-0.2, -0.15) is 0 Å². The second-order valence-electron chi connectivity index (χ2n) is 6.09. The number of hydrogen-bond acceptors (Lipinski definition) is 4. The van der Waals surface area contributed by atoms with Crippen molar-refractivity contribution < 1.29 is 4.79 Å². The molecule has 0 aliphatic rings. The molecule has 1 aromatic heterocycles. The summed E-state index contributed by atoms with van der Waals surface area (Å²) in [5.41, 5.74) is 4.13. The molecule has 2 aromatic carbocycles. The number of nitrogens with one attached hydrogen (secondary N) is 2. The number of anilines is 3. The number of carbonyl (C=O) groups excluding carboxylic acids is 1. The Balaban J connectivity index is 1.84. The van der Waals surface area contributed by atoms with Crippen LogP contribution in [0.1, 0.15) is 27.4 Å². The molecule has 132 valence electrons. The standard InChI is InChI=1S/C20H19ClN4O/c1-12-7-8-17(13(2)9-12)25-19-11-18(22-14(3)23-19)20(26)24-16-6-4-5-15(21)10-16/h4-11H,1-3H3,(H,24,26)(H,22,23,25). The molecular formula is C20H19ClN4O. The maximum atomic E-state index is 12.5. The molecule has 0 radical (unpaired) electrons. The van der Waals surface area contributed by atoms with E-state index in [1.165, 1.54) is 5.56 Å². The van der Waals surface area contributed by atoms with Crippen LogP contribution in [0.5, 0.6) is 0 Å². The number of nitrogens with zero attached hydrogens (tertiary/aromatic N) is 2. The summed E-state index contributed by atoms with van der Waals surface area (Å²) < 4.78 is 0. The molecule has 0 spiro atoms. The molecule has 3 aromatic rings. The fraction of sp³-hybridized carbons (Fsp3) is 0.150. The van der Waals surface area contributed by atoms with E-state index in [1.807, 2.05) is 26.0 Å². The molecular weight excluding hydrogens is 348 g/mol. The van der Waals surface area contributed by atoms with Crippen LogP contribution in [-0.2, 0) is 0 Å². The Labute approximate surface area is 157 Å². The molecule has 1 amide bonds. The van der Waals surface area contributed by atoms with E-state index in [9.17, 15) is 4.79 Å². The number of aromatic nitrogens is 2. The van der Waals surface area contributed by atoms with Gasteiger partial charge in [0.15, 0.2) is 0 Å². The molecule has 1 heterocycles. The van der Waals surface area contributed by atoms with Crippen LogP contribution >= 0.6 is 11.6 Å². The fourth-order valence-corrected chi connectivity index (χ4v) is 2.79. The van der Waals surface area contributed by atoms with Gasteiger partial charge in [-0.25, -0.2) is 9.97 Å². The van der Waals surface area contributed by atoms with Crippen LogP contribution in [0.3, 0.4) is 0 Å². The number of carbonyl (C=O) groups is 1. The fourth-order valence-electron chi connectivity index (χ4n) is 2.60. The van der Waals surface area contributed by atoms with E-state index in [2.05, 4.69) is 26.7 Å². The third-order valence-electron chi connectivity index (χ3n) is 3.80. The van der Waals surface area contributed by atoms with Gasteiger partial charge in [0.1, 0.15) is 17.3 Å². The van der Waals surface area contributed by atoms with Crippen LogP contribution in [-0.4, -0.2) is 15.9 Å². The lowest BCUT2D eigenvalue weighted by Crippen LogP contribution is -2.15. The number of benzene rings is 2. The normalized spacial score (nSPS) is 10.5. The van der Waals surface area contributed by atoms with E-state index in [1.54, 1.807) is 37.3 Å². The Morgan fingerprint density at radius 1 is 1.00 bits per heavy atom. The van der Waals surface area contributed by atoms with Crippen molar-refractivity contribution in [1.82, 2.24) is 9.97 Å². The predicted molar refractivity (Wildman–Crippen MR) is 105 cm³/mol. The second kappa shape index (κ2) is 7.54. The van der Waals surface area contributed by atoms with Crippen LogP contribution in [0.25, 0.3) is 0 Å². The van der Waals surface area contributed by atoms with Gasteiger partial charge in [0.2, 0.25) is 0 Å². The van der Waals surface area contributed by atoms with E-state index in [0.29, 0.717) is 22.4 Å². The molecule has 3 rings (SSSR count). The molecule has 0 aliphatic heterocycles. The van der Waals surface area contributed by atoms with E-state index in [4.69, 9.17) is 11.6 Å². The van der Waals surface area contributed by atoms with Gasteiger partial charge < -0.3 is 10.6 Å². The third kappa shape index (κ3) is 4.37. The third-order valence-corrected chi connectivity index (χ3v) is 4.03. The molecule has 6 heteroatoms. The molecule has 2 N–H and O–H groups in total. The highest BCUT2D eigenvalue weighted by Crippen LogP contribution is 2.21. The number of hydrogen-bond donors (Lipinski definition) is 2. The van der Waals surface area contributed by atoms with Crippen molar-refractivity contribution >= 4 is 34.7 Å². The molecule has 0 atom stereocenters. The molecule has 0 bridgehead atoms. The average Bonchev–Trinajstić information content (AvgIpc) is 2.57. The van der Waals surface area contributed by atoms with Crippen molar-refractivity contribution in [3.63, 3.8) is 0 Å². The molecule has 0 saturated heterocycles. The quantitative estimate of drug-likeness (QED) is 0.678. The number of halogens is 1.